The minimum absolute atomic E-state index is 0.376. The average molecular weight is 275 g/mol. The van der Waals surface area contributed by atoms with Gasteiger partial charge in [-0.1, -0.05) is 0 Å². The largest absolute Gasteiger partial charge is 0.382 e. The van der Waals surface area contributed by atoms with Crippen LogP contribution in [0.5, 0.6) is 0 Å². The third kappa shape index (κ3) is 3.97. The summed E-state index contributed by atoms with van der Waals surface area (Å²) in [6.45, 7) is 6.86. The van der Waals surface area contributed by atoms with Gasteiger partial charge < -0.3 is 16.0 Å². The first kappa shape index (κ1) is 14.9. The molecule has 0 bridgehead atoms. The maximum atomic E-state index is 11.0. The van der Waals surface area contributed by atoms with Crippen molar-refractivity contribution in [1.29, 1.82) is 0 Å². The molecule has 0 spiro atoms. The van der Waals surface area contributed by atoms with E-state index in [2.05, 4.69) is 24.1 Å². The number of nitrogens with two attached hydrogens (primary N) is 1. The van der Waals surface area contributed by atoms with Crippen LogP contribution in [0.1, 0.15) is 43.5 Å². The Bertz CT molecular complexity index is 442. The van der Waals surface area contributed by atoms with E-state index in [1.165, 1.54) is 19.4 Å². The fourth-order valence-electron chi connectivity index (χ4n) is 2.75. The zero-order valence-electron chi connectivity index (χ0n) is 12.4. The monoisotopic (exact) mass is 275 g/mol. The molecule has 4 heteroatoms. The van der Waals surface area contributed by atoms with Gasteiger partial charge in [-0.2, -0.15) is 0 Å². The molecule has 0 radical (unpaired) electrons. The Balaban J connectivity index is 1.91. The normalized spacial score (nSPS) is 20.6. The SMILES string of the molecule is CC(C)N1CCCC(Nc2ccc(C(N)=O)cc2)CC1. The molecule has 2 rings (SSSR count). The number of rotatable bonds is 4. The van der Waals surface area contributed by atoms with Gasteiger partial charge in [0.05, 0.1) is 0 Å². The molecule has 1 unspecified atom stereocenters. The van der Waals surface area contributed by atoms with Crippen LogP contribution in [0.25, 0.3) is 0 Å². The number of likely N-dealkylation sites (tertiary alicyclic amines) is 1. The van der Waals surface area contributed by atoms with Gasteiger partial charge in [-0.25, -0.2) is 0 Å². The predicted molar refractivity (Wildman–Crippen MR) is 82.9 cm³/mol. The van der Waals surface area contributed by atoms with Gasteiger partial charge in [0.2, 0.25) is 5.91 Å². The number of hydrogen-bond acceptors (Lipinski definition) is 3. The van der Waals surface area contributed by atoms with Crippen molar-refractivity contribution in [3.63, 3.8) is 0 Å². The number of carbonyl (C=O) groups is 1. The Kier molecular flexibility index (Phi) is 5.01. The van der Waals surface area contributed by atoms with Crippen LogP contribution in [0, 0.1) is 0 Å². The number of primary amides is 1. The molecule has 1 aliphatic rings. The van der Waals surface area contributed by atoms with Crippen molar-refractivity contribution in [1.82, 2.24) is 4.90 Å². The van der Waals surface area contributed by atoms with Crippen molar-refractivity contribution in [2.45, 2.75) is 45.2 Å². The van der Waals surface area contributed by atoms with Gasteiger partial charge >= 0.3 is 0 Å². The summed E-state index contributed by atoms with van der Waals surface area (Å²) in [5.74, 6) is -0.376. The van der Waals surface area contributed by atoms with Crippen LogP contribution >= 0.6 is 0 Å². The number of amides is 1. The van der Waals surface area contributed by atoms with Crippen molar-refractivity contribution in [3.8, 4) is 0 Å². The second-order valence-corrected chi connectivity index (χ2v) is 5.84. The second kappa shape index (κ2) is 6.75. The third-order valence-corrected chi connectivity index (χ3v) is 4.03. The van der Waals surface area contributed by atoms with Gasteiger partial charge in [-0.15, -0.1) is 0 Å². The van der Waals surface area contributed by atoms with Crippen LogP contribution in [0.15, 0.2) is 24.3 Å². The number of benzene rings is 1. The molecule has 1 amide bonds. The first-order valence-corrected chi connectivity index (χ1v) is 7.46. The van der Waals surface area contributed by atoms with E-state index in [1.54, 1.807) is 12.1 Å². The molecule has 1 aromatic rings. The fraction of sp³-hybridized carbons (Fsp3) is 0.562. The van der Waals surface area contributed by atoms with Gasteiger partial charge in [0.1, 0.15) is 0 Å². The maximum absolute atomic E-state index is 11.0. The minimum atomic E-state index is -0.376. The maximum Gasteiger partial charge on any atom is 0.248 e. The molecule has 0 aromatic heterocycles. The van der Waals surface area contributed by atoms with E-state index in [0.29, 0.717) is 17.6 Å². The molecule has 3 N–H and O–H groups in total. The standard InChI is InChI=1S/C16H25N3O/c1-12(2)19-10-3-4-14(9-11-19)18-15-7-5-13(6-8-15)16(17)20/h5-8,12,14,18H,3-4,9-11H2,1-2H3,(H2,17,20). The summed E-state index contributed by atoms with van der Waals surface area (Å²) in [6.07, 6.45) is 3.59. The highest BCUT2D eigenvalue weighted by Crippen LogP contribution is 2.18. The molecule has 1 heterocycles. The van der Waals surface area contributed by atoms with E-state index in [1.807, 2.05) is 12.1 Å². The molecule has 110 valence electrons. The summed E-state index contributed by atoms with van der Waals surface area (Å²) in [5, 5.41) is 3.57. The Morgan fingerprint density at radius 2 is 1.95 bits per heavy atom. The van der Waals surface area contributed by atoms with Crippen molar-refractivity contribution in [3.05, 3.63) is 29.8 Å². The van der Waals surface area contributed by atoms with E-state index in [9.17, 15) is 4.79 Å². The van der Waals surface area contributed by atoms with Crippen molar-refractivity contribution in [2.75, 3.05) is 18.4 Å². The third-order valence-electron chi connectivity index (χ3n) is 4.03. The Morgan fingerprint density at radius 1 is 1.25 bits per heavy atom. The molecular weight excluding hydrogens is 250 g/mol. The van der Waals surface area contributed by atoms with Crippen molar-refractivity contribution < 1.29 is 4.79 Å². The molecule has 20 heavy (non-hydrogen) atoms. The van der Waals surface area contributed by atoms with Crippen molar-refractivity contribution >= 4 is 11.6 Å². The topological polar surface area (TPSA) is 58.4 Å². The fourth-order valence-corrected chi connectivity index (χ4v) is 2.75. The van der Waals surface area contributed by atoms with E-state index in [4.69, 9.17) is 5.73 Å². The minimum Gasteiger partial charge on any atom is -0.382 e. The van der Waals surface area contributed by atoms with Gasteiger partial charge in [0, 0.05) is 29.9 Å². The van der Waals surface area contributed by atoms with Crippen LogP contribution in [0.2, 0.25) is 0 Å². The van der Waals surface area contributed by atoms with E-state index in [-0.39, 0.29) is 5.91 Å². The molecule has 1 aromatic carbocycles. The lowest BCUT2D eigenvalue weighted by atomic mass is 10.1. The van der Waals surface area contributed by atoms with Crippen LogP contribution < -0.4 is 11.1 Å². The second-order valence-electron chi connectivity index (χ2n) is 5.84. The molecular formula is C16H25N3O. The summed E-state index contributed by atoms with van der Waals surface area (Å²) >= 11 is 0. The summed E-state index contributed by atoms with van der Waals surface area (Å²) in [4.78, 5) is 13.6. The Morgan fingerprint density at radius 3 is 2.55 bits per heavy atom. The van der Waals surface area contributed by atoms with Crippen LogP contribution in [0.4, 0.5) is 5.69 Å². The lowest BCUT2D eigenvalue weighted by Crippen LogP contribution is -2.32. The lowest BCUT2D eigenvalue weighted by molar-refractivity contribution is 0.100. The average Bonchev–Trinajstić information content (AvgIpc) is 2.65. The van der Waals surface area contributed by atoms with Gasteiger partial charge in [-0.05, 0) is 63.9 Å². The summed E-state index contributed by atoms with van der Waals surface area (Å²) in [5.41, 5.74) is 6.87. The zero-order valence-corrected chi connectivity index (χ0v) is 12.4. The number of carbonyl (C=O) groups excluding carboxylic acids is 1. The molecule has 1 saturated heterocycles. The first-order valence-electron chi connectivity index (χ1n) is 7.46. The Labute approximate surface area is 121 Å². The van der Waals surface area contributed by atoms with E-state index < -0.39 is 0 Å². The highest BCUT2D eigenvalue weighted by molar-refractivity contribution is 5.93. The number of anilines is 1. The smallest absolute Gasteiger partial charge is 0.248 e. The first-order chi connectivity index (χ1) is 9.56. The summed E-state index contributed by atoms with van der Waals surface area (Å²) in [6, 6.07) is 8.57. The molecule has 0 saturated carbocycles. The molecule has 1 atom stereocenters. The number of nitrogens with one attached hydrogen (secondary N) is 1. The Hall–Kier alpha value is -1.55. The predicted octanol–water partition coefficient (Wildman–Crippen LogP) is 2.46. The van der Waals surface area contributed by atoms with Crippen LogP contribution in [-0.2, 0) is 0 Å². The van der Waals surface area contributed by atoms with E-state index >= 15 is 0 Å². The highest BCUT2D eigenvalue weighted by atomic mass is 16.1. The van der Waals surface area contributed by atoms with E-state index in [0.717, 1.165) is 18.7 Å². The lowest BCUT2D eigenvalue weighted by Gasteiger charge is -2.24. The van der Waals surface area contributed by atoms with Crippen LogP contribution in [0.3, 0.4) is 0 Å². The zero-order chi connectivity index (χ0) is 14.5. The summed E-state index contributed by atoms with van der Waals surface area (Å²) in [7, 11) is 0. The number of nitrogens with zero attached hydrogens (tertiary/aromatic N) is 1. The summed E-state index contributed by atoms with van der Waals surface area (Å²) < 4.78 is 0. The highest BCUT2D eigenvalue weighted by Gasteiger charge is 2.18. The number of hydrogen-bond donors (Lipinski definition) is 2. The molecule has 1 fully saturated rings. The quantitative estimate of drug-likeness (QED) is 0.887. The van der Waals surface area contributed by atoms with Gasteiger partial charge in [-0.3, -0.25) is 4.79 Å². The van der Waals surface area contributed by atoms with Crippen molar-refractivity contribution in [2.24, 2.45) is 5.73 Å². The molecule has 0 aliphatic carbocycles. The van der Waals surface area contributed by atoms with Gasteiger partial charge in [0.25, 0.3) is 0 Å². The van der Waals surface area contributed by atoms with Crippen LogP contribution in [-0.4, -0.2) is 36.0 Å². The molecule has 1 aliphatic heterocycles. The molecule has 4 nitrogen and oxygen atoms in total. The van der Waals surface area contributed by atoms with Gasteiger partial charge in [0.15, 0.2) is 0 Å².